The fourth-order valence-electron chi connectivity index (χ4n) is 2.58. The van der Waals surface area contributed by atoms with Crippen molar-refractivity contribution in [3.63, 3.8) is 0 Å². The lowest BCUT2D eigenvalue weighted by Crippen LogP contribution is -2.47. The van der Waals surface area contributed by atoms with Crippen molar-refractivity contribution in [2.24, 2.45) is 11.7 Å². The first kappa shape index (κ1) is 12.5. The van der Waals surface area contributed by atoms with Crippen LogP contribution in [0.2, 0.25) is 0 Å². The van der Waals surface area contributed by atoms with Crippen molar-refractivity contribution in [3.05, 3.63) is 35.6 Å². The van der Waals surface area contributed by atoms with Crippen LogP contribution in [0.3, 0.4) is 0 Å². The van der Waals surface area contributed by atoms with Gasteiger partial charge in [-0.2, -0.15) is 0 Å². The molecule has 1 aliphatic heterocycles. The second-order valence-electron chi connectivity index (χ2n) is 5.23. The van der Waals surface area contributed by atoms with Gasteiger partial charge in [0, 0.05) is 23.9 Å². The Morgan fingerprint density at radius 2 is 2.00 bits per heavy atom. The molecule has 1 aliphatic rings. The van der Waals surface area contributed by atoms with Gasteiger partial charge in [-0.1, -0.05) is 26.0 Å². The van der Waals surface area contributed by atoms with Gasteiger partial charge < -0.3 is 5.73 Å². The lowest BCUT2D eigenvalue weighted by Gasteiger charge is -2.35. The highest BCUT2D eigenvalue weighted by Crippen LogP contribution is 2.32. The van der Waals surface area contributed by atoms with E-state index in [0.29, 0.717) is 12.5 Å². The summed E-state index contributed by atoms with van der Waals surface area (Å²) in [6, 6.07) is 6.98. The van der Waals surface area contributed by atoms with Crippen molar-refractivity contribution in [1.82, 2.24) is 10.9 Å². The Morgan fingerprint density at radius 3 is 2.59 bits per heavy atom. The third-order valence-electron chi connectivity index (χ3n) is 3.76. The lowest BCUT2D eigenvalue weighted by molar-refractivity contribution is 0.307. The Balaban J connectivity index is 2.25. The lowest BCUT2D eigenvalue weighted by atomic mass is 9.73. The van der Waals surface area contributed by atoms with Gasteiger partial charge in [0.1, 0.15) is 5.82 Å². The standard InChI is InChI=1S/C13H20FN3/c1-13(2,10-3-5-11(14)6-4-10)12-9(7-15)8-16-17-12/h3-6,9,12,16-17H,7-8,15H2,1-2H3. The molecule has 94 valence electrons. The van der Waals surface area contributed by atoms with E-state index in [4.69, 9.17) is 5.73 Å². The molecule has 1 heterocycles. The van der Waals surface area contributed by atoms with E-state index in [0.717, 1.165) is 12.1 Å². The summed E-state index contributed by atoms with van der Waals surface area (Å²) >= 11 is 0. The minimum atomic E-state index is -0.197. The van der Waals surface area contributed by atoms with E-state index in [1.165, 1.54) is 12.1 Å². The molecule has 0 aliphatic carbocycles. The van der Waals surface area contributed by atoms with Gasteiger partial charge in [0.15, 0.2) is 0 Å². The number of hydrazine groups is 1. The first-order valence-corrected chi connectivity index (χ1v) is 6.00. The fraction of sp³-hybridized carbons (Fsp3) is 0.538. The molecule has 0 bridgehead atoms. The van der Waals surface area contributed by atoms with E-state index < -0.39 is 0 Å². The minimum Gasteiger partial charge on any atom is -0.330 e. The van der Waals surface area contributed by atoms with Crippen LogP contribution < -0.4 is 16.6 Å². The van der Waals surface area contributed by atoms with Crippen LogP contribution in [0.15, 0.2) is 24.3 Å². The molecule has 2 unspecified atom stereocenters. The van der Waals surface area contributed by atoms with Gasteiger partial charge in [0.25, 0.3) is 0 Å². The van der Waals surface area contributed by atoms with Crippen molar-refractivity contribution in [2.45, 2.75) is 25.3 Å². The molecule has 4 N–H and O–H groups in total. The third kappa shape index (κ3) is 2.34. The number of hydrogen-bond acceptors (Lipinski definition) is 3. The zero-order chi connectivity index (χ0) is 12.5. The highest BCUT2D eigenvalue weighted by molar-refractivity contribution is 5.27. The Labute approximate surface area is 102 Å². The zero-order valence-electron chi connectivity index (χ0n) is 10.3. The van der Waals surface area contributed by atoms with Gasteiger partial charge in [0.2, 0.25) is 0 Å². The van der Waals surface area contributed by atoms with Crippen molar-refractivity contribution in [3.8, 4) is 0 Å². The van der Waals surface area contributed by atoms with Gasteiger partial charge in [-0.05, 0) is 24.2 Å². The summed E-state index contributed by atoms with van der Waals surface area (Å²) in [4.78, 5) is 0. The number of nitrogens with one attached hydrogen (secondary N) is 2. The van der Waals surface area contributed by atoms with Crippen LogP contribution in [0.1, 0.15) is 19.4 Å². The summed E-state index contributed by atoms with van der Waals surface area (Å²) in [5.41, 5.74) is 13.3. The van der Waals surface area contributed by atoms with Gasteiger partial charge in [-0.25, -0.2) is 4.39 Å². The second-order valence-corrected chi connectivity index (χ2v) is 5.23. The Kier molecular flexibility index (Phi) is 3.47. The molecule has 1 saturated heterocycles. The molecule has 0 spiro atoms. The molecule has 2 atom stereocenters. The van der Waals surface area contributed by atoms with E-state index in [2.05, 4.69) is 24.7 Å². The predicted octanol–water partition coefficient (Wildman–Crippen LogP) is 1.15. The van der Waals surface area contributed by atoms with Crippen molar-refractivity contribution in [2.75, 3.05) is 13.1 Å². The Bertz CT molecular complexity index is 375. The topological polar surface area (TPSA) is 50.1 Å². The highest BCUT2D eigenvalue weighted by atomic mass is 19.1. The molecule has 17 heavy (non-hydrogen) atoms. The maximum Gasteiger partial charge on any atom is 0.123 e. The van der Waals surface area contributed by atoms with Gasteiger partial charge in [-0.3, -0.25) is 10.9 Å². The molecule has 0 saturated carbocycles. The van der Waals surface area contributed by atoms with Crippen LogP contribution in [0.25, 0.3) is 0 Å². The van der Waals surface area contributed by atoms with Crippen molar-refractivity contribution < 1.29 is 4.39 Å². The van der Waals surface area contributed by atoms with E-state index in [1.807, 2.05) is 12.1 Å². The van der Waals surface area contributed by atoms with Crippen molar-refractivity contribution in [1.29, 1.82) is 0 Å². The number of hydrogen-bond donors (Lipinski definition) is 3. The summed E-state index contributed by atoms with van der Waals surface area (Å²) in [5, 5.41) is 0. The van der Waals surface area contributed by atoms with E-state index in [1.54, 1.807) is 0 Å². The maximum absolute atomic E-state index is 12.9. The predicted molar refractivity (Wildman–Crippen MR) is 66.9 cm³/mol. The molecular formula is C13H20FN3. The maximum atomic E-state index is 12.9. The average molecular weight is 237 g/mol. The summed E-state index contributed by atoms with van der Waals surface area (Å²) in [6.07, 6.45) is 0. The monoisotopic (exact) mass is 237 g/mol. The van der Waals surface area contributed by atoms with E-state index in [-0.39, 0.29) is 17.3 Å². The number of halogens is 1. The van der Waals surface area contributed by atoms with Crippen LogP contribution >= 0.6 is 0 Å². The summed E-state index contributed by atoms with van der Waals surface area (Å²) in [7, 11) is 0. The van der Waals surface area contributed by atoms with Gasteiger partial charge >= 0.3 is 0 Å². The molecular weight excluding hydrogens is 217 g/mol. The largest absolute Gasteiger partial charge is 0.330 e. The zero-order valence-corrected chi connectivity index (χ0v) is 10.3. The summed E-state index contributed by atoms with van der Waals surface area (Å²) in [5.74, 6) is 0.201. The molecule has 1 aromatic rings. The molecule has 2 rings (SSSR count). The summed E-state index contributed by atoms with van der Waals surface area (Å²) < 4.78 is 12.9. The van der Waals surface area contributed by atoms with Crippen LogP contribution in [-0.4, -0.2) is 19.1 Å². The van der Waals surface area contributed by atoms with Crippen LogP contribution in [0.4, 0.5) is 4.39 Å². The van der Waals surface area contributed by atoms with Crippen LogP contribution in [0, 0.1) is 11.7 Å². The molecule has 1 aromatic carbocycles. The van der Waals surface area contributed by atoms with E-state index in [9.17, 15) is 4.39 Å². The Hall–Kier alpha value is -0.970. The molecule has 0 amide bonds. The molecule has 4 heteroatoms. The van der Waals surface area contributed by atoms with Crippen molar-refractivity contribution >= 4 is 0 Å². The quantitative estimate of drug-likeness (QED) is 0.739. The van der Waals surface area contributed by atoms with E-state index >= 15 is 0 Å². The van der Waals surface area contributed by atoms with Crippen LogP contribution in [-0.2, 0) is 5.41 Å². The number of nitrogens with two attached hydrogens (primary N) is 1. The fourth-order valence-corrected chi connectivity index (χ4v) is 2.58. The molecule has 3 nitrogen and oxygen atoms in total. The first-order chi connectivity index (χ1) is 8.05. The number of rotatable bonds is 3. The summed E-state index contributed by atoms with van der Waals surface area (Å²) in [6.45, 7) is 5.85. The number of benzene rings is 1. The average Bonchev–Trinajstić information content (AvgIpc) is 2.78. The van der Waals surface area contributed by atoms with Crippen LogP contribution in [0.5, 0.6) is 0 Å². The molecule has 0 aromatic heterocycles. The minimum absolute atomic E-state index is 0.0821. The smallest absolute Gasteiger partial charge is 0.123 e. The highest BCUT2D eigenvalue weighted by Gasteiger charge is 2.39. The Morgan fingerprint density at radius 1 is 1.35 bits per heavy atom. The first-order valence-electron chi connectivity index (χ1n) is 6.00. The third-order valence-corrected chi connectivity index (χ3v) is 3.76. The van der Waals surface area contributed by atoms with Gasteiger partial charge in [-0.15, -0.1) is 0 Å². The van der Waals surface area contributed by atoms with Gasteiger partial charge in [0.05, 0.1) is 0 Å². The molecule has 1 fully saturated rings. The second kappa shape index (κ2) is 4.72. The normalized spacial score (nSPS) is 25.2. The molecule has 0 radical (unpaired) electrons. The SMILES string of the molecule is CC(C)(c1ccc(F)cc1)C1NNCC1CN.